The molecule has 0 saturated carbocycles. The molecule has 0 saturated heterocycles. The summed E-state index contributed by atoms with van der Waals surface area (Å²) in [5, 5.41) is 10.5. The molecule has 1 aromatic rings. The Balaban J connectivity index is 3.21. The maximum atomic E-state index is 9.76. The first-order valence-electron chi connectivity index (χ1n) is 7.24. The molecule has 3 nitrogen and oxygen atoms in total. The lowest BCUT2D eigenvalue weighted by atomic mass is 9.90. The van der Waals surface area contributed by atoms with Crippen molar-refractivity contribution in [2.75, 3.05) is 13.2 Å². The predicted molar refractivity (Wildman–Crippen MR) is 84.8 cm³/mol. The van der Waals surface area contributed by atoms with Crippen LogP contribution in [-0.4, -0.2) is 24.4 Å². The van der Waals surface area contributed by atoms with Crippen molar-refractivity contribution >= 4 is 11.6 Å². The molecule has 1 aromatic carbocycles. The van der Waals surface area contributed by atoms with Gasteiger partial charge < -0.3 is 15.6 Å². The van der Waals surface area contributed by atoms with Gasteiger partial charge >= 0.3 is 0 Å². The van der Waals surface area contributed by atoms with Gasteiger partial charge in [0.15, 0.2) is 0 Å². The second-order valence-electron chi connectivity index (χ2n) is 5.53. The molecule has 0 radical (unpaired) electrons. The lowest BCUT2D eigenvalue weighted by molar-refractivity contribution is 0.164. The smallest absolute Gasteiger partial charge is 0.126 e. The van der Waals surface area contributed by atoms with Gasteiger partial charge in [-0.1, -0.05) is 32.4 Å². The van der Waals surface area contributed by atoms with E-state index in [-0.39, 0.29) is 12.5 Å². The molecule has 20 heavy (non-hydrogen) atoms. The predicted octanol–water partition coefficient (Wildman–Crippen LogP) is 3.68. The minimum absolute atomic E-state index is 0.145. The summed E-state index contributed by atoms with van der Waals surface area (Å²) in [4.78, 5) is 0. The number of nitrogens with two attached hydrogens (primary N) is 1. The maximum Gasteiger partial charge on any atom is 0.126 e. The van der Waals surface area contributed by atoms with Crippen molar-refractivity contribution < 1.29 is 9.84 Å². The van der Waals surface area contributed by atoms with E-state index in [2.05, 4.69) is 20.8 Å². The third-order valence-corrected chi connectivity index (χ3v) is 3.67. The molecule has 0 aromatic heterocycles. The SMILES string of the molecule is CCOc1c(C(C)C)cc(Cl)cc1C(C)CC(O)CN. The Hall–Kier alpha value is -0.770. The molecule has 0 heterocycles. The van der Waals surface area contributed by atoms with Crippen LogP contribution in [0.1, 0.15) is 57.1 Å². The Bertz CT molecular complexity index is 435. The highest BCUT2D eigenvalue weighted by Gasteiger charge is 2.20. The monoisotopic (exact) mass is 299 g/mol. The van der Waals surface area contributed by atoms with Crippen molar-refractivity contribution in [1.82, 2.24) is 0 Å². The molecule has 0 bridgehead atoms. The number of ether oxygens (including phenoxy) is 1. The van der Waals surface area contributed by atoms with E-state index in [0.717, 1.165) is 16.9 Å². The van der Waals surface area contributed by atoms with E-state index in [1.165, 1.54) is 0 Å². The average Bonchev–Trinajstić information content (AvgIpc) is 2.39. The highest BCUT2D eigenvalue weighted by atomic mass is 35.5. The van der Waals surface area contributed by atoms with Crippen LogP contribution in [0.4, 0.5) is 0 Å². The number of hydrogen-bond acceptors (Lipinski definition) is 3. The van der Waals surface area contributed by atoms with Crippen LogP contribution < -0.4 is 10.5 Å². The summed E-state index contributed by atoms with van der Waals surface area (Å²) >= 11 is 6.24. The number of halogens is 1. The zero-order valence-electron chi connectivity index (χ0n) is 12.8. The van der Waals surface area contributed by atoms with Gasteiger partial charge in [0.05, 0.1) is 12.7 Å². The van der Waals surface area contributed by atoms with Crippen LogP contribution >= 0.6 is 11.6 Å². The zero-order chi connectivity index (χ0) is 15.3. The van der Waals surface area contributed by atoms with Crippen LogP contribution in [-0.2, 0) is 0 Å². The maximum absolute atomic E-state index is 9.76. The number of rotatable bonds is 7. The summed E-state index contributed by atoms with van der Waals surface area (Å²) < 4.78 is 5.85. The van der Waals surface area contributed by atoms with Crippen LogP contribution in [0.15, 0.2) is 12.1 Å². The molecule has 0 spiro atoms. The van der Waals surface area contributed by atoms with E-state index >= 15 is 0 Å². The highest BCUT2D eigenvalue weighted by Crippen LogP contribution is 2.38. The first-order chi connectivity index (χ1) is 9.40. The summed E-state index contributed by atoms with van der Waals surface area (Å²) in [6.45, 7) is 9.17. The number of aliphatic hydroxyl groups is 1. The van der Waals surface area contributed by atoms with Gasteiger partial charge in [-0.3, -0.25) is 0 Å². The van der Waals surface area contributed by atoms with E-state index < -0.39 is 6.10 Å². The summed E-state index contributed by atoms with van der Waals surface area (Å²) in [5.41, 5.74) is 7.66. The quantitative estimate of drug-likeness (QED) is 0.807. The van der Waals surface area contributed by atoms with Gasteiger partial charge in [-0.2, -0.15) is 0 Å². The van der Waals surface area contributed by atoms with Crippen LogP contribution in [0, 0.1) is 0 Å². The Labute approximate surface area is 127 Å². The van der Waals surface area contributed by atoms with Gasteiger partial charge in [-0.05, 0) is 48.4 Å². The zero-order valence-corrected chi connectivity index (χ0v) is 13.6. The topological polar surface area (TPSA) is 55.5 Å². The Morgan fingerprint density at radius 1 is 1.25 bits per heavy atom. The summed E-state index contributed by atoms with van der Waals surface area (Å²) in [6, 6.07) is 3.90. The van der Waals surface area contributed by atoms with Crippen molar-refractivity contribution in [1.29, 1.82) is 0 Å². The number of benzene rings is 1. The highest BCUT2D eigenvalue weighted by molar-refractivity contribution is 6.30. The molecule has 3 N–H and O–H groups in total. The van der Waals surface area contributed by atoms with E-state index in [1.807, 2.05) is 19.1 Å². The van der Waals surface area contributed by atoms with Gasteiger partial charge in [0.1, 0.15) is 5.75 Å². The third kappa shape index (κ3) is 4.37. The van der Waals surface area contributed by atoms with E-state index in [9.17, 15) is 5.11 Å². The molecular weight excluding hydrogens is 274 g/mol. The molecule has 2 unspecified atom stereocenters. The molecule has 0 aliphatic heterocycles. The van der Waals surface area contributed by atoms with Gasteiger partial charge in [0.25, 0.3) is 0 Å². The van der Waals surface area contributed by atoms with Gasteiger partial charge in [0, 0.05) is 11.6 Å². The van der Waals surface area contributed by atoms with Crippen molar-refractivity contribution in [3.05, 3.63) is 28.3 Å². The number of hydrogen-bond donors (Lipinski definition) is 2. The Morgan fingerprint density at radius 3 is 2.35 bits per heavy atom. The van der Waals surface area contributed by atoms with Gasteiger partial charge in [0.2, 0.25) is 0 Å². The molecule has 114 valence electrons. The molecule has 1 rings (SSSR count). The Kier molecular flexibility index (Phi) is 6.80. The molecular formula is C16H26ClNO2. The third-order valence-electron chi connectivity index (χ3n) is 3.45. The van der Waals surface area contributed by atoms with Gasteiger partial charge in [-0.25, -0.2) is 0 Å². The normalized spacial score (nSPS) is 14.4. The standard InChI is InChI=1S/C16H26ClNO2/c1-5-20-16-14(10(2)3)7-12(17)8-15(16)11(4)6-13(19)9-18/h7-8,10-11,13,19H,5-6,9,18H2,1-4H3. The summed E-state index contributed by atoms with van der Waals surface area (Å²) in [7, 11) is 0. The molecule has 0 amide bonds. The van der Waals surface area contributed by atoms with Crippen molar-refractivity contribution in [2.45, 2.75) is 52.1 Å². The molecule has 0 aliphatic rings. The summed E-state index contributed by atoms with van der Waals surface area (Å²) in [5.74, 6) is 1.38. The van der Waals surface area contributed by atoms with E-state index in [4.69, 9.17) is 22.1 Å². The van der Waals surface area contributed by atoms with E-state index in [1.54, 1.807) is 0 Å². The lowest BCUT2D eigenvalue weighted by Gasteiger charge is -2.23. The molecule has 2 atom stereocenters. The largest absolute Gasteiger partial charge is 0.493 e. The Morgan fingerprint density at radius 2 is 1.85 bits per heavy atom. The first-order valence-corrected chi connectivity index (χ1v) is 7.62. The fraction of sp³-hybridized carbons (Fsp3) is 0.625. The van der Waals surface area contributed by atoms with Crippen molar-refractivity contribution in [3.8, 4) is 5.75 Å². The first kappa shape index (κ1) is 17.3. The van der Waals surface area contributed by atoms with Gasteiger partial charge in [-0.15, -0.1) is 0 Å². The van der Waals surface area contributed by atoms with Crippen LogP contribution in [0.5, 0.6) is 5.75 Å². The minimum atomic E-state index is -0.499. The fourth-order valence-corrected chi connectivity index (χ4v) is 2.61. The lowest BCUT2D eigenvalue weighted by Crippen LogP contribution is -2.21. The second kappa shape index (κ2) is 7.87. The van der Waals surface area contributed by atoms with Crippen LogP contribution in [0.3, 0.4) is 0 Å². The molecule has 4 heteroatoms. The van der Waals surface area contributed by atoms with Crippen LogP contribution in [0.2, 0.25) is 5.02 Å². The average molecular weight is 300 g/mol. The van der Waals surface area contributed by atoms with Crippen LogP contribution in [0.25, 0.3) is 0 Å². The minimum Gasteiger partial charge on any atom is -0.493 e. The van der Waals surface area contributed by atoms with Crippen molar-refractivity contribution in [3.63, 3.8) is 0 Å². The second-order valence-corrected chi connectivity index (χ2v) is 5.96. The summed E-state index contributed by atoms with van der Waals surface area (Å²) in [6.07, 6.45) is 0.106. The molecule has 0 fully saturated rings. The molecule has 0 aliphatic carbocycles. The van der Waals surface area contributed by atoms with Crippen molar-refractivity contribution in [2.24, 2.45) is 5.73 Å². The fourth-order valence-electron chi connectivity index (χ4n) is 2.37. The number of aliphatic hydroxyl groups excluding tert-OH is 1. The van der Waals surface area contributed by atoms with E-state index in [0.29, 0.717) is 24.0 Å².